The minimum Gasteiger partial charge on any atom is -0.375 e. The molecule has 3 nitrogen and oxygen atoms in total. The summed E-state index contributed by atoms with van der Waals surface area (Å²) in [6.07, 6.45) is 2.05. The molecule has 1 aliphatic rings. The molecule has 2 heterocycles. The lowest BCUT2D eigenvalue weighted by Crippen LogP contribution is -2.18. The molecule has 0 aliphatic carbocycles. The average Bonchev–Trinajstić information content (AvgIpc) is 2.68. The van der Waals surface area contributed by atoms with Gasteiger partial charge in [0, 0.05) is 24.8 Å². The van der Waals surface area contributed by atoms with Crippen molar-refractivity contribution in [2.24, 2.45) is 7.05 Å². The van der Waals surface area contributed by atoms with Gasteiger partial charge in [0.2, 0.25) is 0 Å². The van der Waals surface area contributed by atoms with Crippen LogP contribution in [-0.4, -0.2) is 15.5 Å². The summed E-state index contributed by atoms with van der Waals surface area (Å²) in [6.45, 7) is 2.05. The van der Waals surface area contributed by atoms with Crippen molar-refractivity contribution in [3.05, 3.63) is 47.3 Å². The smallest absolute Gasteiger partial charge is 0.0825 e. The van der Waals surface area contributed by atoms with E-state index >= 15 is 0 Å². The molecular weight excluding hydrogens is 242 g/mol. The summed E-state index contributed by atoms with van der Waals surface area (Å²) in [4.78, 5) is 0. The molecule has 94 valence electrons. The van der Waals surface area contributed by atoms with Crippen molar-refractivity contribution in [2.45, 2.75) is 18.7 Å². The van der Waals surface area contributed by atoms with E-state index in [1.807, 2.05) is 30.4 Å². The molecule has 1 atom stereocenters. The summed E-state index contributed by atoms with van der Waals surface area (Å²) in [7, 11) is 1.96. The quantitative estimate of drug-likeness (QED) is 0.898. The molecule has 0 fully saturated rings. The number of hydrogen-bond donors (Lipinski definition) is 1. The van der Waals surface area contributed by atoms with Gasteiger partial charge in [0.05, 0.1) is 17.4 Å². The van der Waals surface area contributed by atoms with Crippen molar-refractivity contribution >= 4 is 17.4 Å². The molecule has 0 saturated carbocycles. The van der Waals surface area contributed by atoms with Gasteiger partial charge < -0.3 is 5.32 Å². The molecule has 1 unspecified atom stereocenters. The second-order valence-corrected chi connectivity index (χ2v) is 5.74. The number of rotatable bonds is 2. The van der Waals surface area contributed by atoms with Gasteiger partial charge in [-0.15, -0.1) is 0 Å². The number of nitrogens with zero attached hydrogens (tertiary/aromatic N) is 2. The first kappa shape index (κ1) is 11.7. The topological polar surface area (TPSA) is 29.9 Å². The molecule has 0 spiro atoms. The Morgan fingerprint density at radius 1 is 1.39 bits per heavy atom. The molecule has 1 N–H and O–H groups in total. The second kappa shape index (κ2) is 4.69. The van der Waals surface area contributed by atoms with Crippen molar-refractivity contribution in [2.75, 3.05) is 11.1 Å². The van der Waals surface area contributed by atoms with Gasteiger partial charge in [0.25, 0.3) is 0 Å². The SMILES string of the molecule is Cc1nn(C)cc1NC1CSCc2ccccc21. The molecule has 1 aromatic heterocycles. The van der Waals surface area contributed by atoms with Gasteiger partial charge in [-0.3, -0.25) is 4.68 Å². The van der Waals surface area contributed by atoms with E-state index in [1.54, 1.807) is 0 Å². The van der Waals surface area contributed by atoms with Crippen LogP contribution in [0, 0.1) is 6.92 Å². The zero-order valence-corrected chi connectivity index (χ0v) is 11.5. The minimum absolute atomic E-state index is 0.392. The van der Waals surface area contributed by atoms with Crippen LogP contribution in [0.2, 0.25) is 0 Å². The highest BCUT2D eigenvalue weighted by Crippen LogP contribution is 2.34. The number of benzene rings is 1. The Bertz CT molecular complexity index is 562. The molecule has 3 rings (SSSR count). The van der Waals surface area contributed by atoms with Gasteiger partial charge >= 0.3 is 0 Å². The lowest BCUT2D eigenvalue weighted by atomic mass is 10.0. The van der Waals surface area contributed by atoms with Crippen molar-refractivity contribution in [1.29, 1.82) is 0 Å². The van der Waals surface area contributed by atoms with E-state index in [2.05, 4.69) is 40.9 Å². The maximum atomic E-state index is 4.38. The standard InChI is InChI=1S/C14H17N3S/c1-10-13(7-17(2)16-10)15-14-9-18-8-11-5-3-4-6-12(11)14/h3-7,14-15H,8-9H2,1-2H3. The van der Waals surface area contributed by atoms with E-state index in [0.717, 1.165) is 22.9 Å². The Balaban J connectivity index is 1.88. The summed E-state index contributed by atoms with van der Waals surface area (Å²) in [5.74, 6) is 2.24. The molecule has 0 amide bonds. The molecule has 1 aliphatic heterocycles. The lowest BCUT2D eigenvalue weighted by molar-refractivity contribution is 0.756. The Hall–Kier alpha value is -1.42. The third-order valence-corrected chi connectivity index (χ3v) is 4.40. The fourth-order valence-electron chi connectivity index (χ4n) is 2.43. The predicted octanol–water partition coefficient (Wildman–Crippen LogP) is 3.13. The fraction of sp³-hybridized carbons (Fsp3) is 0.357. The molecule has 0 saturated heterocycles. The maximum absolute atomic E-state index is 4.38. The average molecular weight is 259 g/mol. The molecule has 1 aromatic carbocycles. The van der Waals surface area contributed by atoms with Gasteiger partial charge in [-0.1, -0.05) is 24.3 Å². The largest absolute Gasteiger partial charge is 0.375 e. The highest BCUT2D eigenvalue weighted by Gasteiger charge is 2.20. The summed E-state index contributed by atoms with van der Waals surface area (Å²) in [6, 6.07) is 9.10. The van der Waals surface area contributed by atoms with E-state index in [9.17, 15) is 0 Å². The third-order valence-electron chi connectivity index (χ3n) is 3.32. The van der Waals surface area contributed by atoms with Crippen LogP contribution in [-0.2, 0) is 12.8 Å². The van der Waals surface area contributed by atoms with Gasteiger partial charge in [-0.05, 0) is 18.1 Å². The van der Waals surface area contributed by atoms with E-state index in [4.69, 9.17) is 0 Å². The monoisotopic (exact) mass is 259 g/mol. The molecule has 0 radical (unpaired) electrons. The van der Waals surface area contributed by atoms with Crippen molar-refractivity contribution < 1.29 is 0 Å². The number of anilines is 1. The fourth-order valence-corrected chi connectivity index (χ4v) is 3.53. The summed E-state index contributed by atoms with van der Waals surface area (Å²) >= 11 is 1.99. The van der Waals surface area contributed by atoms with Crippen LogP contribution in [0.15, 0.2) is 30.5 Å². The van der Waals surface area contributed by atoms with Crippen LogP contribution in [0.4, 0.5) is 5.69 Å². The van der Waals surface area contributed by atoms with E-state index in [1.165, 1.54) is 11.1 Å². The lowest BCUT2D eigenvalue weighted by Gasteiger charge is -2.26. The van der Waals surface area contributed by atoms with Crippen LogP contribution in [0.3, 0.4) is 0 Å². The number of aryl methyl sites for hydroxylation is 2. The molecule has 0 bridgehead atoms. The number of nitrogens with one attached hydrogen (secondary N) is 1. The van der Waals surface area contributed by atoms with E-state index in [-0.39, 0.29) is 0 Å². The Labute approximate surface area is 112 Å². The number of fused-ring (bicyclic) bond motifs is 1. The maximum Gasteiger partial charge on any atom is 0.0825 e. The highest BCUT2D eigenvalue weighted by atomic mass is 32.2. The molecule has 4 heteroatoms. The molecule has 18 heavy (non-hydrogen) atoms. The summed E-state index contributed by atoms with van der Waals surface area (Å²) < 4.78 is 1.86. The van der Waals surface area contributed by atoms with Crippen LogP contribution < -0.4 is 5.32 Å². The summed E-state index contributed by atoms with van der Waals surface area (Å²) in [5.41, 5.74) is 5.08. The highest BCUT2D eigenvalue weighted by molar-refractivity contribution is 7.98. The van der Waals surface area contributed by atoms with E-state index < -0.39 is 0 Å². The van der Waals surface area contributed by atoms with Crippen LogP contribution in [0.25, 0.3) is 0 Å². The summed E-state index contributed by atoms with van der Waals surface area (Å²) in [5, 5.41) is 8.00. The van der Waals surface area contributed by atoms with Crippen LogP contribution in [0.1, 0.15) is 22.9 Å². The Morgan fingerprint density at radius 2 is 2.22 bits per heavy atom. The molecular formula is C14H17N3S. The normalized spacial score (nSPS) is 18.4. The number of thioether (sulfide) groups is 1. The van der Waals surface area contributed by atoms with E-state index in [0.29, 0.717) is 6.04 Å². The second-order valence-electron chi connectivity index (χ2n) is 4.71. The van der Waals surface area contributed by atoms with Crippen LogP contribution >= 0.6 is 11.8 Å². The number of aromatic nitrogens is 2. The Morgan fingerprint density at radius 3 is 3.00 bits per heavy atom. The zero-order valence-electron chi connectivity index (χ0n) is 10.7. The number of hydrogen-bond acceptors (Lipinski definition) is 3. The Kier molecular flexibility index (Phi) is 3.04. The van der Waals surface area contributed by atoms with Crippen molar-refractivity contribution in [1.82, 2.24) is 9.78 Å². The van der Waals surface area contributed by atoms with Crippen molar-refractivity contribution in [3.8, 4) is 0 Å². The molecule has 2 aromatic rings. The van der Waals surface area contributed by atoms with Gasteiger partial charge in [0.1, 0.15) is 0 Å². The van der Waals surface area contributed by atoms with Gasteiger partial charge in [0.15, 0.2) is 0 Å². The zero-order chi connectivity index (χ0) is 12.5. The van der Waals surface area contributed by atoms with Crippen LogP contribution in [0.5, 0.6) is 0 Å². The van der Waals surface area contributed by atoms with Gasteiger partial charge in [-0.2, -0.15) is 16.9 Å². The van der Waals surface area contributed by atoms with Crippen molar-refractivity contribution in [3.63, 3.8) is 0 Å². The van der Waals surface area contributed by atoms with Gasteiger partial charge in [-0.25, -0.2) is 0 Å². The minimum atomic E-state index is 0.392. The third kappa shape index (κ3) is 2.12. The predicted molar refractivity (Wildman–Crippen MR) is 76.9 cm³/mol. The first-order valence-electron chi connectivity index (χ1n) is 6.16. The first-order valence-corrected chi connectivity index (χ1v) is 7.32. The first-order chi connectivity index (χ1) is 8.74.